The number of hydrogen-bond donors (Lipinski definition) is 1. The van der Waals surface area contributed by atoms with Crippen LogP contribution in [0.2, 0.25) is 5.02 Å². The number of fused-ring (bicyclic) bond motifs is 2. The number of nitrogens with zero attached hydrogens (tertiary/aromatic N) is 3. The lowest BCUT2D eigenvalue weighted by molar-refractivity contribution is 0.0531. The Balaban J connectivity index is 1.79. The first-order chi connectivity index (χ1) is 14.0. The molecular weight excluding hydrogens is 394 g/mol. The molecule has 0 saturated heterocycles. The van der Waals surface area contributed by atoms with Crippen molar-refractivity contribution < 1.29 is 19.4 Å². The van der Waals surface area contributed by atoms with Crippen molar-refractivity contribution in [1.29, 1.82) is 0 Å². The fraction of sp³-hybridized carbons (Fsp3) is 0.333. The van der Waals surface area contributed by atoms with Crippen LogP contribution in [0.3, 0.4) is 0 Å². The molecule has 1 unspecified atom stereocenters. The van der Waals surface area contributed by atoms with Crippen LogP contribution in [0.15, 0.2) is 30.5 Å². The molecule has 1 aromatic carbocycles. The summed E-state index contributed by atoms with van der Waals surface area (Å²) in [5.41, 5.74) is 3.21. The molecule has 1 aliphatic rings. The molecule has 0 saturated carbocycles. The molecule has 3 heterocycles. The Morgan fingerprint density at radius 2 is 1.97 bits per heavy atom. The number of imidazole rings is 1. The van der Waals surface area contributed by atoms with Crippen LogP contribution in [0.5, 0.6) is 11.5 Å². The highest BCUT2D eigenvalue weighted by atomic mass is 35.5. The van der Waals surface area contributed by atoms with Gasteiger partial charge in [-0.1, -0.05) is 18.5 Å². The van der Waals surface area contributed by atoms with Crippen molar-refractivity contribution in [3.8, 4) is 11.5 Å². The van der Waals surface area contributed by atoms with E-state index >= 15 is 0 Å². The zero-order chi connectivity index (χ0) is 20.7. The Hall–Kier alpha value is -2.77. The third-order valence-electron chi connectivity index (χ3n) is 5.27. The lowest BCUT2D eigenvalue weighted by atomic mass is 9.95. The van der Waals surface area contributed by atoms with Gasteiger partial charge in [-0.05, 0) is 30.7 Å². The van der Waals surface area contributed by atoms with Gasteiger partial charge in [-0.2, -0.15) is 0 Å². The number of aliphatic hydroxyl groups excluding tert-OH is 1. The summed E-state index contributed by atoms with van der Waals surface area (Å²) in [5, 5.41) is 11.3. The summed E-state index contributed by atoms with van der Waals surface area (Å²) in [6, 6.07) is 7.08. The first-order valence-corrected chi connectivity index (χ1v) is 9.73. The van der Waals surface area contributed by atoms with Crippen molar-refractivity contribution in [2.24, 2.45) is 0 Å². The minimum absolute atomic E-state index is 0.145. The minimum Gasteiger partial charge on any atom is -0.496 e. The first-order valence-electron chi connectivity index (χ1n) is 9.36. The van der Waals surface area contributed by atoms with E-state index in [1.807, 2.05) is 6.92 Å². The Morgan fingerprint density at radius 1 is 1.24 bits per heavy atom. The topological polar surface area (TPSA) is 76.3 Å². The monoisotopic (exact) mass is 415 g/mol. The standard InChI is InChI=1S/C21H22ClN3O4/c1-4-14-20(25-9-12(22)5-8-18(25)23-14)21(27)24-10-13-16(28-2)6-7-17(29-3)19(13)15(26)11-24/h5-9,15,26H,4,10-11H2,1-3H3. The van der Waals surface area contributed by atoms with E-state index in [4.69, 9.17) is 21.1 Å². The molecule has 0 radical (unpaired) electrons. The van der Waals surface area contributed by atoms with Crippen LogP contribution in [0.25, 0.3) is 5.65 Å². The summed E-state index contributed by atoms with van der Waals surface area (Å²) in [4.78, 5) is 19.7. The molecular formula is C21H22ClN3O4. The lowest BCUT2D eigenvalue weighted by Crippen LogP contribution is -2.39. The third kappa shape index (κ3) is 3.20. The second-order valence-electron chi connectivity index (χ2n) is 6.90. The van der Waals surface area contributed by atoms with E-state index in [1.165, 1.54) is 0 Å². The van der Waals surface area contributed by atoms with E-state index < -0.39 is 6.10 Å². The van der Waals surface area contributed by atoms with Crippen molar-refractivity contribution in [2.75, 3.05) is 20.8 Å². The van der Waals surface area contributed by atoms with Crippen molar-refractivity contribution in [3.63, 3.8) is 0 Å². The maximum absolute atomic E-state index is 13.5. The van der Waals surface area contributed by atoms with Gasteiger partial charge in [0.2, 0.25) is 0 Å². The van der Waals surface area contributed by atoms with E-state index in [2.05, 4.69) is 4.98 Å². The zero-order valence-corrected chi connectivity index (χ0v) is 17.2. The highest BCUT2D eigenvalue weighted by molar-refractivity contribution is 6.30. The quantitative estimate of drug-likeness (QED) is 0.707. The number of aromatic nitrogens is 2. The van der Waals surface area contributed by atoms with Crippen LogP contribution in [0.1, 0.15) is 40.3 Å². The van der Waals surface area contributed by atoms with Gasteiger partial charge in [0.15, 0.2) is 0 Å². The molecule has 0 aliphatic carbocycles. The first kappa shape index (κ1) is 19.5. The van der Waals surface area contributed by atoms with E-state index in [1.54, 1.807) is 54.0 Å². The number of β-amino-alcohol motifs (C(OH)–C–C–N with tert-alkyl or cyclic N) is 1. The van der Waals surface area contributed by atoms with Gasteiger partial charge in [-0.15, -0.1) is 0 Å². The number of rotatable bonds is 4. The van der Waals surface area contributed by atoms with E-state index in [9.17, 15) is 9.90 Å². The van der Waals surface area contributed by atoms with E-state index in [0.717, 1.165) is 5.56 Å². The lowest BCUT2D eigenvalue weighted by Gasteiger charge is -2.34. The smallest absolute Gasteiger partial charge is 0.273 e. The van der Waals surface area contributed by atoms with Crippen LogP contribution in [-0.4, -0.2) is 46.1 Å². The van der Waals surface area contributed by atoms with Gasteiger partial charge in [0.1, 0.15) is 28.9 Å². The Labute approximate surface area is 173 Å². The maximum atomic E-state index is 13.5. The number of pyridine rings is 1. The van der Waals surface area contributed by atoms with Crippen molar-refractivity contribution >= 4 is 23.2 Å². The average Bonchev–Trinajstić information content (AvgIpc) is 3.09. The largest absolute Gasteiger partial charge is 0.496 e. The molecule has 3 aromatic rings. The summed E-state index contributed by atoms with van der Waals surface area (Å²) < 4.78 is 12.6. The molecule has 1 amide bonds. The number of methoxy groups -OCH3 is 2. The average molecular weight is 416 g/mol. The van der Waals surface area contributed by atoms with Gasteiger partial charge >= 0.3 is 0 Å². The SMILES string of the molecule is CCc1nc2ccc(Cl)cn2c1C(=O)N1Cc2c(OC)ccc(OC)c2C(O)C1. The number of carbonyl (C=O) groups is 1. The summed E-state index contributed by atoms with van der Waals surface area (Å²) in [6.07, 6.45) is 1.40. The third-order valence-corrected chi connectivity index (χ3v) is 5.49. The van der Waals surface area contributed by atoms with Crippen molar-refractivity contribution in [2.45, 2.75) is 26.0 Å². The minimum atomic E-state index is -0.888. The van der Waals surface area contributed by atoms with E-state index in [0.29, 0.717) is 52.1 Å². The molecule has 7 nitrogen and oxygen atoms in total. The number of amides is 1. The number of aryl methyl sites for hydroxylation is 1. The van der Waals surface area contributed by atoms with Crippen LogP contribution < -0.4 is 9.47 Å². The Bertz CT molecular complexity index is 1100. The van der Waals surface area contributed by atoms with Crippen LogP contribution in [0, 0.1) is 0 Å². The fourth-order valence-electron chi connectivity index (χ4n) is 3.92. The summed E-state index contributed by atoms with van der Waals surface area (Å²) in [7, 11) is 3.12. The van der Waals surface area contributed by atoms with Gasteiger partial charge in [0.25, 0.3) is 5.91 Å². The normalized spacial score (nSPS) is 16.0. The summed E-state index contributed by atoms with van der Waals surface area (Å²) >= 11 is 6.15. The molecule has 4 rings (SSSR count). The fourth-order valence-corrected chi connectivity index (χ4v) is 4.08. The van der Waals surface area contributed by atoms with Crippen LogP contribution >= 0.6 is 11.6 Å². The highest BCUT2D eigenvalue weighted by Crippen LogP contribution is 2.39. The van der Waals surface area contributed by atoms with Crippen LogP contribution in [-0.2, 0) is 13.0 Å². The van der Waals surface area contributed by atoms with Crippen molar-refractivity contribution in [3.05, 3.63) is 58.0 Å². The molecule has 0 fully saturated rings. The Morgan fingerprint density at radius 3 is 2.66 bits per heavy atom. The van der Waals surface area contributed by atoms with Gasteiger partial charge in [0.05, 0.1) is 38.0 Å². The molecule has 1 N–H and O–H groups in total. The van der Waals surface area contributed by atoms with Crippen molar-refractivity contribution in [1.82, 2.24) is 14.3 Å². The number of aliphatic hydroxyl groups is 1. The van der Waals surface area contributed by atoms with Crippen LogP contribution in [0.4, 0.5) is 0 Å². The second kappa shape index (κ2) is 7.57. The van der Waals surface area contributed by atoms with E-state index in [-0.39, 0.29) is 12.5 Å². The molecule has 0 spiro atoms. The number of ether oxygens (including phenoxy) is 2. The molecule has 0 bridgehead atoms. The maximum Gasteiger partial charge on any atom is 0.273 e. The van der Waals surface area contributed by atoms with Gasteiger partial charge in [-0.3, -0.25) is 9.20 Å². The number of hydrogen-bond acceptors (Lipinski definition) is 5. The molecule has 2 aromatic heterocycles. The molecule has 152 valence electrons. The second-order valence-corrected chi connectivity index (χ2v) is 7.34. The summed E-state index contributed by atoms with van der Waals surface area (Å²) in [5.74, 6) is 0.969. The van der Waals surface area contributed by atoms with Gasteiger partial charge in [-0.25, -0.2) is 4.98 Å². The molecule has 1 atom stereocenters. The molecule has 29 heavy (non-hydrogen) atoms. The number of halogens is 1. The highest BCUT2D eigenvalue weighted by Gasteiger charge is 2.34. The predicted molar refractivity (Wildman–Crippen MR) is 109 cm³/mol. The van der Waals surface area contributed by atoms with Gasteiger partial charge < -0.3 is 19.5 Å². The number of carbonyl (C=O) groups excluding carboxylic acids is 1. The summed E-state index contributed by atoms with van der Waals surface area (Å²) in [6.45, 7) is 2.39. The zero-order valence-electron chi connectivity index (χ0n) is 16.5. The Kier molecular flexibility index (Phi) is 5.10. The number of benzene rings is 1. The predicted octanol–water partition coefficient (Wildman–Crippen LogP) is 3.26. The molecule has 1 aliphatic heterocycles. The van der Waals surface area contributed by atoms with Gasteiger partial charge in [0, 0.05) is 17.3 Å². The molecule has 8 heteroatoms.